The Balaban J connectivity index is 4.52. The smallest absolute Gasteiger partial charge is 0.393 e. The van der Waals surface area contributed by atoms with E-state index in [2.05, 4.69) is 60.8 Å². The fourth-order valence-electron chi connectivity index (χ4n) is 5.84. The molecule has 0 saturated heterocycles. The summed E-state index contributed by atoms with van der Waals surface area (Å²) in [5.41, 5.74) is 0. The Morgan fingerprint density at radius 1 is 0.667 bits per heavy atom. The van der Waals surface area contributed by atoms with Gasteiger partial charge >= 0.3 is 7.82 Å². The number of carbonyl (C=O) groups excluding carboxylic acids is 1. The molecule has 1 amide bonds. The summed E-state index contributed by atoms with van der Waals surface area (Å²) in [7, 11) is 1.55. The lowest BCUT2D eigenvalue weighted by atomic mass is 10.0. The molecule has 1 unspecified atom stereocenters. The number of unbranched alkanes of at least 4 members (excludes halogenated alkanes) is 14. The van der Waals surface area contributed by atoms with Gasteiger partial charge in [-0.05, 0) is 57.8 Å². The summed E-state index contributed by atoms with van der Waals surface area (Å²) in [6, 6.07) is -0.799. The first-order chi connectivity index (χ1) is 25.9. The fourth-order valence-corrected chi connectivity index (χ4v) is 6.58. The van der Waals surface area contributed by atoms with E-state index < -0.39 is 20.0 Å². The van der Waals surface area contributed by atoms with Crippen molar-refractivity contribution >= 4 is 13.7 Å². The molecule has 54 heavy (non-hydrogen) atoms. The molecule has 0 heterocycles. The summed E-state index contributed by atoms with van der Waals surface area (Å²) in [6.07, 6.45) is 40.8. The molecule has 316 valence electrons. The average Bonchev–Trinajstić information content (AvgIpc) is 3.12. The van der Waals surface area contributed by atoms with Gasteiger partial charge in [-0.2, -0.15) is 0 Å². The number of hydrogen-bond donors (Lipinski definition) is 4. The molecule has 0 aromatic rings. The van der Waals surface area contributed by atoms with Gasteiger partial charge in [-0.3, -0.25) is 13.8 Å². The first kappa shape index (κ1) is 52.4. The quantitative estimate of drug-likeness (QED) is 0.0213. The molecule has 0 aliphatic carbocycles. The number of rotatable bonds is 38. The Kier molecular flexibility index (Phi) is 34.8. The van der Waals surface area contributed by atoms with Crippen molar-refractivity contribution in [3.8, 4) is 0 Å². The molecule has 0 aliphatic rings. The van der Waals surface area contributed by atoms with Gasteiger partial charge < -0.3 is 24.9 Å². The van der Waals surface area contributed by atoms with Gasteiger partial charge in [0.2, 0.25) is 5.91 Å². The molecule has 0 rings (SSSR count). The van der Waals surface area contributed by atoms with Crippen LogP contribution in [0.1, 0.15) is 168 Å². The number of nitrogens with one attached hydrogen (secondary N) is 1. The van der Waals surface area contributed by atoms with Crippen molar-refractivity contribution in [2.45, 2.75) is 186 Å². The van der Waals surface area contributed by atoms with Crippen LogP contribution in [0.15, 0.2) is 48.6 Å². The van der Waals surface area contributed by atoms with Crippen LogP contribution < -0.4 is 5.32 Å². The van der Waals surface area contributed by atoms with Crippen LogP contribution in [0, 0.1) is 0 Å². The molecular formula is C44H84N2O7P+. The number of likely N-dealkylation sites (N-methyl/N-ethyl adjacent to an activating group) is 1. The maximum Gasteiger partial charge on any atom is 0.472 e. The zero-order valence-corrected chi connectivity index (χ0v) is 36.2. The summed E-state index contributed by atoms with van der Waals surface area (Å²) in [6.45, 7) is 4.54. The summed E-state index contributed by atoms with van der Waals surface area (Å²) in [5, 5.41) is 23.5. The van der Waals surface area contributed by atoms with E-state index in [0.717, 1.165) is 64.2 Å². The van der Waals surface area contributed by atoms with E-state index in [-0.39, 0.29) is 31.6 Å². The van der Waals surface area contributed by atoms with E-state index >= 15 is 0 Å². The van der Waals surface area contributed by atoms with E-state index in [4.69, 9.17) is 9.05 Å². The summed E-state index contributed by atoms with van der Waals surface area (Å²) in [4.78, 5) is 23.1. The molecule has 4 atom stereocenters. The minimum atomic E-state index is -4.34. The third-order valence-electron chi connectivity index (χ3n) is 9.49. The van der Waals surface area contributed by atoms with Gasteiger partial charge in [0.05, 0.1) is 46.0 Å². The van der Waals surface area contributed by atoms with E-state index in [9.17, 15) is 24.5 Å². The van der Waals surface area contributed by atoms with Gasteiger partial charge in [0, 0.05) is 6.42 Å². The second-order valence-corrected chi connectivity index (χ2v) is 17.3. The molecule has 0 spiro atoms. The van der Waals surface area contributed by atoms with Crippen molar-refractivity contribution in [3.63, 3.8) is 0 Å². The number of aliphatic hydroxyl groups excluding tert-OH is 2. The average molecular weight is 784 g/mol. The Labute approximate surface area is 332 Å². The van der Waals surface area contributed by atoms with Gasteiger partial charge in [-0.15, -0.1) is 0 Å². The van der Waals surface area contributed by atoms with Crippen LogP contribution in [0.25, 0.3) is 0 Å². The molecule has 0 radical (unpaired) electrons. The standard InChI is InChI=1S/C44H83N2O7P/c1-6-8-9-10-11-12-13-14-18-21-24-27-30-33-36-43(48)42(40-53-54(50,51)52-39-38-46(3,4)5)45-44(49)37-34-31-28-25-22-19-16-15-17-20-23-26-29-32-35-41(47)7-2/h16-17,19-20,25-26,28-29,41-43,47-48H,6-15,18,21-24,27,30-40H2,1-5H3,(H-,45,49,50,51)/p+1/b19-16-,20-17-,28-25-,29-26-/t41-,42+,43-/m1/s1. The second kappa shape index (κ2) is 35.8. The molecule has 0 aromatic carbocycles. The Morgan fingerprint density at radius 3 is 1.65 bits per heavy atom. The molecule has 10 heteroatoms. The minimum absolute atomic E-state index is 0.0565. The SMILES string of the molecule is CCCCCCCCCCCCCCCC[C@@H](O)[C@H](COP(=O)(O)OCC[N+](C)(C)C)NC(=O)CCC/C=C\C/C=C\C/C=C\C/C=C\CC[C@H](O)CC. The number of amides is 1. The van der Waals surface area contributed by atoms with Crippen LogP contribution in [0.4, 0.5) is 0 Å². The molecule has 0 aromatic heterocycles. The zero-order chi connectivity index (χ0) is 40.2. The van der Waals surface area contributed by atoms with Gasteiger partial charge in [0.1, 0.15) is 13.2 Å². The third-order valence-corrected chi connectivity index (χ3v) is 10.5. The zero-order valence-electron chi connectivity index (χ0n) is 35.3. The molecule has 0 saturated carbocycles. The highest BCUT2D eigenvalue weighted by atomic mass is 31.2. The van der Waals surface area contributed by atoms with Crippen molar-refractivity contribution in [2.24, 2.45) is 0 Å². The highest BCUT2D eigenvalue weighted by molar-refractivity contribution is 7.47. The summed E-state index contributed by atoms with van der Waals surface area (Å²) in [5.74, 6) is -0.212. The molecular weight excluding hydrogens is 699 g/mol. The maximum atomic E-state index is 12.8. The first-order valence-electron chi connectivity index (χ1n) is 21.6. The summed E-state index contributed by atoms with van der Waals surface area (Å²) >= 11 is 0. The van der Waals surface area contributed by atoms with Crippen molar-refractivity contribution in [1.82, 2.24) is 5.32 Å². The van der Waals surface area contributed by atoms with Gasteiger partial charge in [0.25, 0.3) is 0 Å². The highest BCUT2D eigenvalue weighted by Gasteiger charge is 2.28. The fraction of sp³-hybridized carbons (Fsp3) is 0.795. The van der Waals surface area contributed by atoms with Crippen LogP contribution >= 0.6 is 7.82 Å². The van der Waals surface area contributed by atoms with Crippen molar-refractivity contribution in [1.29, 1.82) is 0 Å². The second-order valence-electron chi connectivity index (χ2n) is 15.9. The van der Waals surface area contributed by atoms with Crippen molar-refractivity contribution in [3.05, 3.63) is 48.6 Å². The van der Waals surface area contributed by atoms with Gasteiger partial charge in [-0.25, -0.2) is 4.57 Å². The number of carbonyl (C=O) groups is 1. The predicted molar refractivity (Wildman–Crippen MR) is 227 cm³/mol. The van der Waals surface area contributed by atoms with Crippen LogP contribution in [-0.4, -0.2) is 84.6 Å². The van der Waals surface area contributed by atoms with Crippen LogP contribution in [-0.2, 0) is 18.4 Å². The molecule has 0 fully saturated rings. The topological polar surface area (TPSA) is 125 Å². The number of phosphoric ester groups is 1. The van der Waals surface area contributed by atoms with Crippen LogP contribution in [0.2, 0.25) is 0 Å². The van der Waals surface area contributed by atoms with Crippen molar-refractivity contribution in [2.75, 3.05) is 40.9 Å². The normalized spacial score (nSPS) is 15.5. The Morgan fingerprint density at radius 2 is 1.15 bits per heavy atom. The predicted octanol–water partition coefficient (Wildman–Crippen LogP) is 10.7. The number of allylic oxidation sites excluding steroid dienone is 8. The number of nitrogens with zero attached hydrogens (tertiary/aromatic N) is 1. The number of aliphatic hydroxyl groups is 2. The van der Waals surface area contributed by atoms with Gasteiger partial charge in [0.15, 0.2) is 0 Å². The number of hydrogen-bond acceptors (Lipinski definition) is 6. The Hall–Kier alpha value is -1.58. The Bertz CT molecular complexity index is 1040. The van der Waals surface area contributed by atoms with Crippen LogP contribution in [0.5, 0.6) is 0 Å². The van der Waals surface area contributed by atoms with E-state index in [1.807, 2.05) is 28.1 Å². The molecule has 9 nitrogen and oxygen atoms in total. The number of quaternary nitrogens is 1. The monoisotopic (exact) mass is 784 g/mol. The first-order valence-corrected chi connectivity index (χ1v) is 23.1. The molecule has 4 N–H and O–H groups in total. The minimum Gasteiger partial charge on any atom is -0.393 e. The van der Waals surface area contributed by atoms with Crippen molar-refractivity contribution < 1.29 is 38.0 Å². The van der Waals surface area contributed by atoms with E-state index in [0.29, 0.717) is 23.9 Å². The highest BCUT2D eigenvalue weighted by Crippen LogP contribution is 2.43. The lowest BCUT2D eigenvalue weighted by molar-refractivity contribution is -0.870. The maximum absolute atomic E-state index is 12.8. The molecule has 0 aliphatic heterocycles. The number of phosphoric acid groups is 1. The largest absolute Gasteiger partial charge is 0.472 e. The lowest BCUT2D eigenvalue weighted by Crippen LogP contribution is -2.46. The summed E-state index contributed by atoms with van der Waals surface area (Å²) < 4.78 is 23.5. The third kappa shape index (κ3) is 37.3. The van der Waals surface area contributed by atoms with Gasteiger partial charge in [-0.1, -0.05) is 152 Å². The van der Waals surface area contributed by atoms with Crippen LogP contribution in [0.3, 0.4) is 0 Å². The lowest BCUT2D eigenvalue weighted by Gasteiger charge is -2.26. The van der Waals surface area contributed by atoms with E-state index in [1.54, 1.807) is 0 Å². The molecule has 0 bridgehead atoms. The van der Waals surface area contributed by atoms with E-state index in [1.165, 1.54) is 70.6 Å².